The molecule has 0 aliphatic heterocycles. The molecule has 1 amide bonds. The van der Waals surface area contributed by atoms with E-state index in [1.54, 1.807) is 0 Å². The van der Waals surface area contributed by atoms with E-state index in [1.165, 1.54) is 44.1 Å². The van der Waals surface area contributed by atoms with Crippen LogP contribution in [0.1, 0.15) is 60.9 Å². The highest BCUT2D eigenvalue weighted by Crippen LogP contribution is 2.59. The van der Waals surface area contributed by atoms with Crippen LogP contribution in [0.15, 0.2) is 18.2 Å². The van der Waals surface area contributed by atoms with Crippen molar-refractivity contribution in [3.8, 4) is 0 Å². The molecule has 4 saturated carbocycles. The molecule has 176 valence electrons. The van der Waals surface area contributed by atoms with Crippen LogP contribution in [-0.2, 0) is 6.42 Å². The van der Waals surface area contributed by atoms with Gasteiger partial charge in [-0.15, -0.1) is 24.8 Å². The molecule has 31 heavy (non-hydrogen) atoms. The minimum absolute atomic E-state index is 0. The number of likely N-dealkylation sites (N-methyl/N-ethyl adjacent to an activating group) is 1. The van der Waals surface area contributed by atoms with E-state index in [9.17, 15) is 4.79 Å². The number of nitrogens with one attached hydrogen (secondary N) is 3. The van der Waals surface area contributed by atoms with Crippen molar-refractivity contribution < 1.29 is 4.79 Å². The molecule has 4 bridgehead atoms. The number of hydrogen-bond acceptors (Lipinski definition) is 3. The average Bonchev–Trinajstić information content (AvgIpc) is 2.69. The van der Waals surface area contributed by atoms with Crippen molar-refractivity contribution in [1.29, 1.82) is 0 Å². The van der Waals surface area contributed by atoms with Crippen LogP contribution >= 0.6 is 36.4 Å². The van der Waals surface area contributed by atoms with Crippen LogP contribution in [-0.4, -0.2) is 39.1 Å². The molecule has 4 nitrogen and oxygen atoms in total. The van der Waals surface area contributed by atoms with Crippen LogP contribution in [0.3, 0.4) is 0 Å². The quantitative estimate of drug-likeness (QED) is 0.410. The van der Waals surface area contributed by atoms with Crippen LogP contribution in [0.4, 0.5) is 0 Å². The summed E-state index contributed by atoms with van der Waals surface area (Å²) in [4.78, 5) is 12.9. The highest BCUT2D eigenvalue weighted by Gasteiger charge is 2.50. The number of carbonyl (C=O) groups excluding carboxylic acids is 1. The number of amides is 1. The molecule has 0 unspecified atom stereocenters. The van der Waals surface area contributed by atoms with E-state index in [4.69, 9.17) is 11.6 Å². The molecule has 0 spiro atoms. The normalized spacial score (nSPS) is 28.0. The van der Waals surface area contributed by atoms with E-state index >= 15 is 0 Å². The molecular weight excluding hydrogens is 453 g/mol. The van der Waals surface area contributed by atoms with Crippen molar-refractivity contribution in [2.24, 2.45) is 23.2 Å². The highest BCUT2D eigenvalue weighted by atomic mass is 35.5. The summed E-state index contributed by atoms with van der Waals surface area (Å²) >= 11 is 6.38. The van der Waals surface area contributed by atoms with Gasteiger partial charge in [-0.1, -0.05) is 17.7 Å². The molecular formula is C24H38Cl3N3O. The lowest BCUT2D eigenvalue weighted by Gasteiger charge is -2.56. The average molecular weight is 491 g/mol. The van der Waals surface area contributed by atoms with Crippen molar-refractivity contribution >= 4 is 42.3 Å². The van der Waals surface area contributed by atoms with Crippen LogP contribution in [0, 0.1) is 23.2 Å². The predicted molar refractivity (Wildman–Crippen MR) is 134 cm³/mol. The predicted octanol–water partition coefficient (Wildman–Crippen LogP) is 4.87. The summed E-state index contributed by atoms with van der Waals surface area (Å²) in [5, 5.41) is 10.4. The fourth-order valence-electron chi connectivity index (χ4n) is 6.53. The fraction of sp³-hybridized carbons (Fsp3) is 0.708. The van der Waals surface area contributed by atoms with E-state index in [1.807, 2.05) is 25.2 Å². The molecule has 5 rings (SSSR count). The summed E-state index contributed by atoms with van der Waals surface area (Å²) in [7, 11) is 1.96. The third kappa shape index (κ3) is 6.74. The van der Waals surface area contributed by atoms with Crippen LogP contribution in [0.2, 0.25) is 5.02 Å². The third-order valence-corrected chi connectivity index (χ3v) is 7.76. The molecule has 0 saturated heterocycles. The Morgan fingerprint density at radius 1 is 1.03 bits per heavy atom. The minimum atomic E-state index is -0.000240. The fourth-order valence-corrected chi connectivity index (χ4v) is 6.73. The Balaban J connectivity index is 0.00000171. The highest BCUT2D eigenvalue weighted by molar-refractivity contribution is 6.33. The lowest BCUT2D eigenvalue weighted by atomic mass is 9.49. The number of carbonyl (C=O) groups is 1. The molecule has 1 aromatic carbocycles. The Hall–Kier alpha value is -0.520. The lowest BCUT2D eigenvalue weighted by molar-refractivity contribution is -0.0503. The molecule has 0 heterocycles. The molecule has 1 aromatic rings. The first-order valence-corrected chi connectivity index (χ1v) is 11.9. The second kappa shape index (κ2) is 12.1. The molecule has 0 atom stereocenters. The summed E-state index contributed by atoms with van der Waals surface area (Å²) < 4.78 is 0. The summed E-state index contributed by atoms with van der Waals surface area (Å²) in [6.07, 6.45) is 10.3. The summed E-state index contributed by atoms with van der Waals surface area (Å²) in [5.74, 6) is 2.73. The number of hydrogen-bond donors (Lipinski definition) is 3. The van der Waals surface area contributed by atoms with Crippen LogP contribution < -0.4 is 16.0 Å². The maximum absolute atomic E-state index is 12.9. The summed E-state index contributed by atoms with van der Waals surface area (Å²) in [5.41, 5.74) is 2.18. The van der Waals surface area contributed by atoms with Gasteiger partial charge in [-0.05, 0) is 106 Å². The van der Waals surface area contributed by atoms with Gasteiger partial charge in [0.1, 0.15) is 0 Å². The maximum Gasteiger partial charge on any atom is 0.252 e. The van der Waals surface area contributed by atoms with Crippen molar-refractivity contribution in [3.63, 3.8) is 0 Å². The topological polar surface area (TPSA) is 53.2 Å². The van der Waals surface area contributed by atoms with Crippen molar-refractivity contribution in [1.82, 2.24) is 16.0 Å². The molecule has 3 N–H and O–H groups in total. The monoisotopic (exact) mass is 489 g/mol. The van der Waals surface area contributed by atoms with E-state index in [2.05, 4.69) is 16.0 Å². The Labute approximate surface area is 204 Å². The Morgan fingerprint density at radius 2 is 1.68 bits per heavy atom. The first-order valence-electron chi connectivity index (χ1n) is 11.5. The zero-order valence-electron chi connectivity index (χ0n) is 18.6. The Bertz CT molecular complexity index is 693. The number of rotatable bonds is 10. The van der Waals surface area contributed by atoms with Gasteiger partial charge >= 0.3 is 0 Å². The molecule has 4 aliphatic rings. The van der Waals surface area contributed by atoms with Gasteiger partial charge in [-0.25, -0.2) is 0 Å². The van der Waals surface area contributed by atoms with Gasteiger partial charge in [-0.3, -0.25) is 4.79 Å². The number of halogens is 3. The van der Waals surface area contributed by atoms with Crippen molar-refractivity contribution in [2.45, 2.75) is 51.4 Å². The maximum atomic E-state index is 12.9. The van der Waals surface area contributed by atoms with Crippen LogP contribution in [0.5, 0.6) is 0 Å². The second-order valence-electron chi connectivity index (χ2n) is 9.87. The number of aryl methyl sites for hydroxylation is 1. The largest absolute Gasteiger partial charge is 0.351 e. The van der Waals surface area contributed by atoms with Gasteiger partial charge in [0.05, 0.1) is 10.6 Å². The van der Waals surface area contributed by atoms with Gasteiger partial charge in [0.15, 0.2) is 0 Å². The molecule has 4 fully saturated rings. The standard InChI is InChI=1S/C24H36ClN3O.2ClH/c1-26-7-8-27-6-2-3-17-4-5-22(25)21(12-17)23(29)28-16-24-13-18-9-19(14-24)11-20(10-18)15-24;;/h4-5,12,18-20,26-27H,2-3,6-11,13-16H2,1H3,(H,28,29);2*1H. The first kappa shape index (κ1) is 26.7. The second-order valence-corrected chi connectivity index (χ2v) is 10.3. The summed E-state index contributed by atoms with van der Waals surface area (Å²) in [6.45, 7) is 3.77. The Kier molecular flexibility index (Phi) is 10.4. The number of benzene rings is 1. The van der Waals surface area contributed by atoms with Gasteiger partial charge < -0.3 is 16.0 Å². The van der Waals surface area contributed by atoms with Crippen molar-refractivity contribution in [2.75, 3.05) is 33.2 Å². The van der Waals surface area contributed by atoms with Gasteiger partial charge in [0.25, 0.3) is 5.91 Å². The SMILES string of the molecule is CNCCNCCCc1ccc(Cl)c(C(=O)NCC23CC4CC(CC(C4)C2)C3)c1.Cl.Cl. The first-order chi connectivity index (χ1) is 14.1. The summed E-state index contributed by atoms with van der Waals surface area (Å²) in [6, 6.07) is 5.92. The Morgan fingerprint density at radius 3 is 2.29 bits per heavy atom. The van der Waals surface area contributed by atoms with Gasteiger partial charge in [0.2, 0.25) is 0 Å². The molecule has 0 aromatic heterocycles. The van der Waals surface area contributed by atoms with E-state index in [-0.39, 0.29) is 30.7 Å². The van der Waals surface area contributed by atoms with Gasteiger partial charge in [0, 0.05) is 19.6 Å². The smallest absolute Gasteiger partial charge is 0.252 e. The minimum Gasteiger partial charge on any atom is -0.351 e. The molecule has 7 heteroatoms. The zero-order chi connectivity index (χ0) is 20.3. The van der Waals surface area contributed by atoms with E-state index < -0.39 is 0 Å². The third-order valence-electron chi connectivity index (χ3n) is 7.44. The van der Waals surface area contributed by atoms with E-state index in [0.29, 0.717) is 16.0 Å². The van der Waals surface area contributed by atoms with Gasteiger partial charge in [-0.2, -0.15) is 0 Å². The molecule has 4 aliphatic carbocycles. The van der Waals surface area contributed by atoms with Crippen molar-refractivity contribution in [3.05, 3.63) is 34.3 Å². The lowest BCUT2D eigenvalue weighted by Crippen LogP contribution is -2.51. The zero-order valence-corrected chi connectivity index (χ0v) is 20.9. The van der Waals surface area contributed by atoms with Crippen LogP contribution in [0.25, 0.3) is 0 Å². The molecule has 0 radical (unpaired) electrons. The van der Waals surface area contributed by atoms with E-state index in [0.717, 1.165) is 56.8 Å².